The lowest BCUT2D eigenvalue weighted by Crippen LogP contribution is -2.32. The van der Waals surface area contributed by atoms with Crippen molar-refractivity contribution < 1.29 is 4.79 Å². The molecule has 0 saturated carbocycles. The first-order valence-electron chi connectivity index (χ1n) is 2.87. The topological polar surface area (TPSA) is 46.8 Å². The molecule has 0 unspecified atom stereocenters. The molecule has 0 aromatic heterocycles. The van der Waals surface area contributed by atoms with Crippen LogP contribution in [0.2, 0.25) is 0 Å². The van der Waals surface area contributed by atoms with Gasteiger partial charge in [0, 0.05) is 26.5 Å². The summed E-state index contributed by atoms with van der Waals surface area (Å²) in [4.78, 5) is 16.2. The summed E-state index contributed by atoms with van der Waals surface area (Å²) in [6, 6.07) is 0. The molecule has 0 saturated heterocycles. The van der Waals surface area contributed by atoms with Crippen molar-refractivity contribution in [3.8, 4) is 0 Å². The Balaban J connectivity index is 2.59. The minimum atomic E-state index is -0.162. The van der Waals surface area contributed by atoms with Gasteiger partial charge < -0.3 is 4.90 Å². The van der Waals surface area contributed by atoms with E-state index in [2.05, 4.69) is 10.3 Å². The van der Waals surface area contributed by atoms with Crippen LogP contribution < -0.4 is 5.32 Å². The summed E-state index contributed by atoms with van der Waals surface area (Å²) in [5.41, 5.74) is 0. The average molecular weight is 138 g/mol. The Morgan fingerprint density at radius 3 is 2.60 bits per heavy atom. The average Bonchev–Trinajstić information content (AvgIpc) is 2.36. The summed E-state index contributed by atoms with van der Waals surface area (Å²) in [5, 5.41) is 3.74. The molecule has 1 rings (SSSR count). The molecule has 1 amide bonds. The third kappa shape index (κ3) is 1.15. The van der Waals surface area contributed by atoms with Crippen LogP contribution in [0, 0.1) is 0 Å². The predicted octanol–water partition coefficient (Wildman–Crippen LogP) is -0.438. The summed E-state index contributed by atoms with van der Waals surface area (Å²) in [5.74, 6) is 0.0926. The van der Waals surface area contributed by atoms with Gasteiger partial charge in [-0.25, -0.2) is 10.3 Å². The van der Waals surface area contributed by atoms with E-state index < -0.39 is 0 Å². The molecule has 53 valence electrons. The molecule has 0 N–H and O–H groups in total. The number of hydrogen-bond acceptors (Lipinski definition) is 2. The molecule has 10 heavy (non-hydrogen) atoms. The number of rotatable bonds is 1. The van der Waals surface area contributed by atoms with E-state index in [9.17, 15) is 4.79 Å². The predicted molar refractivity (Wildman–Crippen MR) is 37.4 cm³/mol. The third-order valence-electron chi connectivity index (χ3n) is 1.06. The normalized spacial score (nSPS) is 14.4. The van der Waals surface area contributed by atoms with E-state index in [0.29, 0.717) is 0 Å². The highest BCUT2D eigenvalue weighted by Crippen LogP contribution is 1.92. The number of hydrogen-bond donors (Lipinski definition) is 0. The minimum Gasteiger partial charge on any atom is -0.342 e. The Morgan fingerprint density at radius 1 is 1.50 bits per heavy atom. The van der Waals surface area contributed by atoms with Crippen LogP contribution in [0.15, 0.2) is 17.4 Å². The van der Waals surface area contributed by atoms with E-state index >= 15 is 0 Å². The molecule has 4 nitrogen and oxygen atoms in total. The Bertz CT molecular complexity index is 205. The van der Waals surface area contributed by atoms with Crippen LogP contribution in [0.3, 0.4) is 0 Å². The molecule has 1 aliphatic rings. The number of aliphatic imine (C=N–C) groups is 1. The van der Waals surface area contributed by atoms with Gasteiger partial charge in [0.15, 0.2) is 0 Å². The molecule has 1 radical (unpaired) electrons. The number of carbonyl (C=O) groups excluding carboxylic acids is 1. The second-order valence-electron chi connectivity index (χ2n) is 2.08. The van der Waals surface area contributed by atoms with E-state index in [1.54, 1.807) is 14.1 Å². The van der Waals surface area contributed by atoms with E-state index in [1.807, 2.05) is 0 Å². The van der Waals surface area contributed by atoms with E-state index in [-0.39, 0.29) is 11.7 Å². The molecule has 1 heterocycles. The third-order valence-corrected chi connectivity index (χ3v) is 1.06. The summed E-state index contributed by atoms with van der Waals surface area (Å²) < 4.78 is 0. The van der Waals surface area contributed by atoms with Crippen LogP contribution in [0.4, 0.5) is 0 Å². The maximum absolute atomic E-state index is 11.0. The first kappa shape index (κ1) is 6.80. The summed E-state index contributed by atoms with van der Waals surface area (Å²) >= 11 is 0. The zero-order chi connectivity index (χ0) is 7.56. The van der Waals surface area contributed by atoms with E-state index in [4.69, 9.17) is 0 Å². The Morgan fingerprint density at radius 2 is 2.20 bits per heavy atom. The van der Waals surface area contributed by atoms with Gasteiger partial charge in [0.25, 0.3) is 5.91 Å². The summed E-state index contributed by atoms with van der Waals surface area (Å²) in [7, 11) is 3.33. The lowest BCUT2D eigenvalue weighted by Gasteiger charge is -2.07. The molecule has 0 bridgehead atoms. The van der Waals surface area contributed by atoms with Gasteiger partial charge in [-0.15, -0.1) is 0 Å². The number of carbonyl (C=O) groups is 1. The molecule has 0 aromatic rings. The van der Waals surface area contributed by atoms with Crippen LogP contribution in [0.25, 0.3) is 0 Å². The zero-order valence-electron chi connectivity index (χ0n) is 5.90. The quantitative estimate of drug-likeness (QED) is 0.484. The number of amides is 1. The van der Waals surface area contributed by atoms with Crippen molar-refractivity contribution in [1.82, 2.24) is 10.2 Å². The highest BCUT2D eigenvalue weighted by Gasteiger charge is 2.14. The highest BCUT2D eigenvalue weighted by molar-refractivity contribution is 6.38. The van der Waals surface area contributed by atoms with Gasteiger partial charge >= 0.3 is 0 Å². The minimum absolute atomic E-state index is 0.162. The fraction of sp³-hybridized carbons (Fsp3) is 0.333. The van der Waals surface area contributed by atoms with Crippen LogP contribution >= 0.6 is 0 Å². The Kier molecular flexibility index (Phi) is 1.71. The second kappa shape index (κ2) is 2.51. The lowest BCUT2D eigenvalue weighted by atomic mass is 10.5. The second-order valence-corrected chi connectivity index (χ2v) is 2.08. The standard InChI is InChI=1S/C6H8N3O/c1-9(2)6(10)5-7-3-4-8-5/h3-4H,1-2H3. The molecule has 0 atom stereocenters. The fourth-order valence-corrected chi connectivity index (χ4v) is 0.552. The number of amidine groups is 1. The van der Waals surface area contributed by atoms with Crippen molar-refractivity contribution >= 4 is 11.7 Å². The molecule has 1 aliphatic heterocycles. The number of likely N-dealkylation sites (N-methyl/N-ethyl adjacent to an activating group) is 1. The Labute approximate surface area is 59.2 Å². The van der Waals surface area contributed by atoms with Crippen LogP contribution in [-0.2, 0) is 4.79 Å². The molecule has 0 fully saturated rings. The van der Waals surface area contributed by atoms with Gasteiger partial charge in [-0.1, -0.05) is 0 Å². The van der Waals surface area contributed by atoms with E-state index in [1.165, 1.54) is 17.3 Å². The highest BCUT2D eigenvalue weighted by atomic mass is 16.2. The molecule has 4 heteroatoms. The van der Waals surface area contributed by atoms with Crippen molar-refractivity contribution in [3.05, 3.63) is 12.4 Å². The van der Waals surface area contributed by atoms with Crippen molar-refractivity contribution in [1.29, 1.82) is 0 Å². The van der Waals surface area contributed by atoms with Crippen molar-refractivity contribution in [2.45, 2.75) is 0 Å². The molecular formula is C6H8N3O. The van der Waals surface area contributed by atoms with Gasteiger partial charge in [0.2, 0.25) is 5.84 Å². The fourth-order valence-electron chi connectivity index (χ4n) is 0.552. The molecule has 0 aromatic carbocycles. The molecule has 0 aliphatic carbocycles. The number of nitrogens with zero attached hydrogens (tertiary/aromatic N) is 3. The van der Waals surface area contributed by atoms with Gasteiger partial charge in [-0.2, -0.15) is 0 Å². The molecular weight excluding hydrogens is 130 g/mol. The molecule has 0 spiro atoms. The maximum Gasteiger partial charge on any atom is 0.291 e. The zero-order valence-corrected chi connectivity index (χ0v) is 5.90. The van der Waals surface area contributed by atoms with Crippen LogP contribution in [0.5, 0.6) is 0 Å². The van der Waals surface area contributed by atoms with E-state index in [0.717, 1.165) is 0 Å². The first-order chi connectivity index (χ1) is 4.72. The van der Waals surface area contributed by atoms with Gasteiger partial charge in [-0.05, 0) is 0 Å². The van der Waals surface area contributed by atoms with Crippen molar-refractivity contribution in [3.63, 3.8) is 0 Å². The first-order valence-corrected chi connectivity index (χ1v) is 2.87. The van der Waals surface area contributed by atoms with Gasteiger partial charge in [0.1, 0.15) is 0 Å². The lowest BCUT2D eigenvalue weighted by molar-refractivity contribution is -0.121. The van der Waals surface area contributed by atoms with Crippen LogP contribution in [-0.4, -0.2) is 30.7 Å². The van der Waals surface area contributed by atoms with Gasteiger partial charge in [-0.3, -0.25) is 4.79 Å². The van der Waals surface area contributed by atoms with Crippen molar-refractivity contribution in [2.24, 2.45) is 4.99 Å². The van der Waals surface area contributed by atoms with Gasteiger partial charge in [0.05, 0.1) is 0 Å². The smallest absolute Gasteiger partial charge is 0.291 e. The Hall–Kier alpha value is -1.32. The largest absolute Gasteiger partial charge is 0.342 e. The van der Waals surface area contributed by atoms with Crippen molar-refractivity contribution in [2.75, 3.05) is 14.1 Å². The monoisotopic (exact) mass is 138 g/mol. The SMILES string of the molecule is CN(C)C(=O)C1=NC=C[N]1. The van der Waals surface area contributed by atoms with Crippen LogP contribution in [0.1, 0.15) is 0 Å². The maximum atomic E-state index is 11.0. The summed E-state index contributed by atoms with van der Waals surface area (Å²) in [6.45, 7) is 0. The summed E-state index contributed by atoms with van der Waals surface area (Å²) in [6.07, 6.45) is 2.99.